The lowest BCUT2D eigenvalue weighted by molar-refractivity contribution is -0.134. The van der Waals surface area contributed by atoms with Gasteiger partial charge in [0.2, 0.25) is 5.91 Å². The van der Waals surface area contributed by atoms with Crippen molar-refractivity contribution < 1.29 is 9.53 Å². The first-order valence-corrected chi connectivity index (χ1v) is 9.45. The lowest BCUT2D eigenvalue weighted by Gasteiger charge is -2.35. The number of nitrogens with zero attached hydrogens (tertiary/aromatic N) is 2. The number of likely N-dealkylation sites (tertiary alicyclic amines) is 1. The van der Waals surface area contributed by atoms with Gasteiger partial charge in [0.1, 0.15) is 5.75 Å². The quantitative estimate of drug-likeness (QED) is 0.773. The van der Waals surface area contributed by atoms with Crippen molar-refractivity contribution >= 4 is 16.8 Å². The zero-order valence-corrected chi connectivity index (χ0v) is 15.9. The number of pyridine rings is 1. The second kappa shape index (κ2) is 7.94. The average Bonchev–Trinajstić information content (AvgIpc) is 2.61. The number of hydrogen-bond acceptors (Lipinski definition) is 3. The molecule has 26 heavy (non-hydrogen) atoms. The van der Waals surface area contributed by atoms with Crippen molar-refractivity contribution in [1.29, 1.82) is 0 Å². The Morgan fingerprint density at radius 3 is 2.62 bits per heavy atom. The molecule has 0 aliphatic carbocycles. The Labute approximate surface area is 154 Å². The fraction of sp³-hybridized carbons (Fsp3) is 0.524. The van der Waals surface area contributed by atoms with Crippen LogP contribution in [0.5, 0.6) is 5.75 Å². The molecule has 5 nitrogen and oxygen atoms in total. The molecule has 1 fully saturated rings. The van der Waals surface area contributed by atoms with Crippen LogP contribution >= 0.6 is 0 Å². The second-order valence-electron chi connectivity index (χ2n) is 7.62. The van der Waals surface area contributed by atoms with Gasteiger partial charge in [0.25, 0.3) is 5.56 Å². The van der Waals surface area contributed by atoms with Crippen LogP contribution in [-0.2, 0) is 11.8 Å². The van der Waals surface area contributed by atoms with Gasteiger partial charge in [0.05, 0.1) is 12.1 Å². The number of rotatable bonds is 5. The minimum absolute atomic E-state index is 0.0916. The van der Waals surface area contributed by atoms with Crippen LogP contribution in [0.3, 0.4) is 0 Å². The highest BCUT2D eigenvalue weighted by atomic mass is 16.5. The van der Waals surface area contributed by atoms with Crippen molar-refractivity contribution in [1.82, 2.24) is 9.47 Å². The summed E-state index contributed by atoms with van der Waals surface area (Å²) in [6.07, 6.45) is 2.34. The van der Waals surface area contributed by atoms with Gasteiger partial charge in [0.15, 0.2) is 0 Å². The third-order valence-electron chi connectivity index (χ3n) is 5.13. The zero-order valence-electron chi connectivity index (χ0n) is 15.9. The summed E-state index contributed by atoms with van der Waals surface area (Å²) in [5.41, 5.74) is 0.758. The summed E-state index contributed by atoms with van der Waals surface area (Å²) in [6, 6.07) is 9.22. The van der Waals surface area contributed by atoms with Crippen LogP contribution in [0.25, 0.3) is 10.9 Å². The molecule has 2 aromatic rings. The number of hydrogen-bond donors (Lipinski definition) is 0. The van der Waals surface area contributed by atoms with E-state index in [0.29, 0.717) is 37.0 Å². The summed E-state index contributed by atoms with van der Waals surface area (Å²) in [5.74, 6) is 1.95. The molecule has 140 valence electrons. The topological polar surface area (TPSA) is 51.5 Å². The van der Waals surface area contributed by atoms with Crippen LogP contribution in [0.15, 0.2) is 35.1 Å². The third-order valence-corrected chi connectivity index (χ3v) is 5.13. The fourth-order valence-electron chi connectivity index (χ4n) is 3.93. The predicted molar refractivity (Wildman–Crippen MR) is 103 cm³/mol. The van der Waals surface area contributed by atoms with E-state index in [0.717, 1.165) is 24.0 Å². The fourth-order valence-corrected chi connectivity index (χ4v) is 3.93. The normalized spacial score (nSPS) is 20.3. The lowest BCUT2D eigenvalue weighted by Crippen LogP contribution is -2.42. The van der Waals surface area contributed by atoms with Crippen molar-refractivity contribution in [2.24, 2.45) is 18.9 Å². The van der Waals surface area contributed by atoms with Crippen LogP contribution in [0, 0.1) is 11.8 Å². The average molecular weight is 356 g/mol. The van der Waals surface area contributed by atoms with E-state index in [9.17, 15) is 9.59 Å². The summed E-state index contributed by atoms with van der Waals surface area (Å²) in [7, 11) is 1.76. The second-order valence-corrected chi connectivity index (χ2v) is 7.62. The summed E-state index contributed by atoms with van der Waals surface area (Å²) in [5, 5.41) is 0.916. The molecule has 1 aromatic carbocycles. The van der Waals surface area contributed by atoms with Crippen molar-refractivity contribution in [2.45, 2.75) is 33.1 Å². The highest BCUT2D eigenvalue weighted by Crippen LogP contribution is 2.24. The van der Waals surface area contributed by atoms with E-state index in [1.807, 2.05) is 29.2 Å². The predicted octanol–water partition coefficient (Wildman–Crippen LogP) is 3.20. The van der Waals surface area contributed by atoms with E-state index in [1.165, 1.54) is 12.5 Å². The van der Waals surface area contributed by atoms with Crippen LogP contribution < -0.4 is 10.3 Å². The van der Waals surface area contributed by atoms with Gasteiger partial charge in [-0.25, -0.2) is 0 Å². The Kier molecular flexibility index (Phi) is 5.64. The number of amides is 1. The van der Waals surface area contributed by atoms with Crippen LogP contribution in [0.1, 0.15) is 33.1 Å². The number of para-hydroxylation sites is 1. The first kappa shape index (κ1) is 18.5. The van der Waals surface area contributed by atoms with Gasteiger partial charge < -0.3 is 14.2 Å². The smallest absolute Gasteiger partial charge is 0.254 e. The minimum Gasteiger partial charge on any atom is -0.493 e. The molecule has 1 aliphatic heterocycles. The molecule has 3 rings (SSSR count). The standard InChI is InChI=1S/C21H28N2O3/c1-15-11-16(2)14-23(13-15)20(24)9-6-10-26-19-12-21(25)22(3)18-8-5-4-7-17(18)19/h4-5,7-8,12,15-16H,6,9-11,13-14H2,1-3H3/t15-,16+. The van der Waals surface area contributed by atoms with Gasteiger partial charge in [0, 0.05) is 38.0 Å². The molecule has 2 atom stereocenters. The first-order valence-electron chi connectivity index (χ1n) is 9.45. The van der Waals surface area contributed by atoms with E-state index >= 15 is 0 Å². The number of benzene rings is 1. The maximum atomic E-state index is 12.4. The molecule has 0 unspecified atom stereocenters. The Morgan fingerprint density at radius 1 is 1.19 bits per heavy atom. The molecule has 1 amide bonds. The van der Waals surface area contributed by atoms with Gasteiger partial charge in [-0.2, -0.15) is 0 Å². The van der Waals surface area contributed by atoms with Gasteiger partial charge >= 0.3 is 0 Å². The Bertz CT molecular complexity index is 833. The Morgan fingerprint density at radius 2 is 1.88 bits per heavy atom. The van der Waals surface area contributed by atoms with E-state index in [2.05, 4.69) is 13.8 Å². The number of carbonyl (C=O) groups is 1. The molecule has 2 heterocycles. The van der Waals surface area contributed by atoms with E-state index < -0.39 is 0 Å². The van der Waals surface area contributed by atoms with E-state index in [1.54, 1.807) is 11.6 Å². The zero-order chi connectivity index (χ0) is 18.7. The summed E-state index contributed by atoms with van der Waals surface area (Å²) in [6.45, 7) is 6.58. The van der Waals surface area contributed by atoms with Crippen molar-refractivity contribution in [3.63, 3.8) is 0 Å². The number of aromatic nitrogens is 1. The SMILES string of the molecule is C[C@@H]1C[C@H](C)CN(C(=O)CCCOc2cc(=O)n(C)c3ccccc23)C1. The Balaban J connectivity index is 1.57. The molecule has 5 heteroatoms. The molecule has 0 radical (unpaired) electrons. The largest absolute Gasteiger partial charge is 0.493 e. The molecular weight excluding hydrogens is 328 g/mol. The summed E-state index contributed by atoms with van der Waals surface area (Å²) in [4.78, 5) is 26.5. The highest BCUT2D eigenvalue weighted by molar-refractivity contribution is 5.85. The first-order chi connectivity index (χ1) is 12.5. The van der Waals surface area contributed by atoms with Crippen LogP contribution in [-0.4, -0.2) is 35.1 Å². The van der Waals surface area contributed by atoms with Gasteiger partial charge in [-0.1, -0.05) is 26.0 Å². The Hall–Kier alpha value is -2.30. The number of ether oxygens (including phenoxy) is 1. The van der Waals surface area contributed by atoms with Crippen LogP contribution in [0.2, 0.25) is 0 Å². The van der Waals surface area contributed by atoms with Crippen molar-refractivity contribution in [3.05, 3.63) is 40.7 Å². The molecule has 1 aliphatic rings. The minimum atomic E-state index is -0.0916. The molecule has 0 saturated carbocycles. The van der Waals surface area contributed by atoms with Crippen molar-refractivity contribution in [3.8, 4) is 5.75 Å². The number of fused-ring (bicyclic) bond motifs is 1. The molecule has 1 aromatic heterocycles. The van der Waals surface area contributed by atoms with E-state index in [-0.39, 0.29) is 11.5 Å². The molecule has 0 N–H and O–H groups in total. The van der Waals surface area contributed by atoms with Crippen molar-refractivity contribution in [2.75, 3.05) is 19.7 Å². The summed E-state index contributed by atoms with van der Waals surface area (Å²) >= 11 is 0. The molecule has 1 saturated heterocycles. The highest BCUT2D eigenvalue weighted by Gasteiger charge is 2.24. The number of piperidine rings is 1. The molecular formula is C21H28N2O3. The molecule has 0 spiro atoms. The molecule has 0 bridgehead atoms. The number of carbonyl (C=O) groups excluding carboxylic acids is 1. The number of aryl methyl sites for hydroxylation is 1. The third kappa shape index (κ3) is 4.09. The monoisotopic (exact) mass is 356 g/mol. The van der Waals surface area contributed by atoms with Gasteiger partial charge in [-0.05, 0) is 36.8 Å². The van der Waals surface area contributed by atoms with E-state index in [4.69, 9.17) is 4.74 Å². The maximum absolute atomic E-state index is 12.4. The maximum Gasteiger partial charge on any atom is 0.254 e. The van der Waals surface area contributed by atoms with Gasteiger partial charge in [-0.3, -0.25) is 9.59 Å². The van der Waals surface area contributed by atoms with Gasteiger partial charge in [-0.15, -0.1) is 0 Å². The lowest BCUT2D eigenvalue weighted by atomic mass is 9.91. The summed E-state index contributed by atoms with van der Waals surface area (Å²) < 4.78 is 7.47. The van der Waals surface area contributed by atoms with Crippen LogP contribution in [0.4, 0.5) is 0 Å².